The standard InChI is InChI=1S/C22H43N3/c1-3-4-5-6-7-8-9-10-11-12-13-14-15-16-17-18-22-24-19-20-25(22)21(2)23/h13-14,21H,3-12,15-20,23H2,1-2H3/b14-13+. The van der Waals surface area contributed by atoms with Crippen LogP contribution in [0.4, 0.5) is 0 Å². The number of nitrogens with zero attached hydrogens (tertiary/aromatic N) is 2. The number of amidine groups is 1. The lowest BCUT2D eigenvalue weighted by molar-refractivity contribution is 0.359. The molecule has 3 heteroatoms. The van der Waals surface area contributed by atoms with Crippen LogP contribution in [-0.2, 0) is 0 Å². The van der Waals surface area contributed by atoms with Crippen LogP contribution in [0, 0.1) is 0 Å². The van der Waals surface area contributed by atoms with Crippen LogP contribution in [0.25, 0.3) is 0 Å². The van der Waals surface area contributed by atoms with Gasteiger partial charge in [0.1, 0.15) is 5.84 Å². The molecule has 1 atom stereocenters. The van der Waals surface area contributed by atoms with Gasteiger partial charge in [-0.25, -0.2) is 0 Å². The van der Waals surface area contributed by atoms with Gasteiger partial charge in [-0.3, -0.25) is 4.99 Å². The first-order valence-corrected chi connectivity index (χ1v) is 11.0. The maximum absolute atomic E-state index is 5.98. The Bertz CT molecular complexity index is 360. The van der Waals surface area contributed by atoms with Crippen LogP contribution >= 0.6 is 0 Å². The summed E-state index contributed by atoms with van der Waals surface area (Å²) in [6, 6.07) is 0. The van der Waals surface area contributed by atoms with Crippen LogP contribution in [0.3, 0.4) is 0 Å². The van der Waals surface area contributed by atoms with Crippen LogP contribution in [0.15, 0.2) is 17.1 Å². The highest BCUT2D eigenvalue weighted by molar-refractivity contribution is 5.83. The Morgan fingerprint density at radius 3 is 2.08 bits per heavy atom. The monoisotopic (exact) mass is 349 g/mol. The fourth-order valence-corrected chi connectivity index (χ4v) is 3.52. The van der Waals surface area contributed by atoms with Gasteiger partial charge in [0, 0.05) is 13.0 Å². The van der Waals surface area contributed by atoms with E-state index in [-0.39, 0.29) is 6.17 Å². The van der Waals surface area contributed by atoms with Crippen molar-refractivity contribution in [2.75, 3.05) is 13.1 Å². The zero-order valence-electron chi connectivity index (χ0n) is 17.0. The van der Waals surface area contributed by atoms with Crippen molar-refractivity contribution >= 4 is 5.84 Å². The van der Waals surface area contributed by atoms with Crippen molar-refractivity contribution in [3.8, 4) is 0 Å². The molecule has 0 amide bonds. The largest absolute Gasteiger partial charge is 0.343 e. The average molecular weight is 350 g/mol. The van der Waals surface area contributed by atoms with Crippen LogP contribution in [0.1, 0.15) is 104 Å². The van der Waals surface area contributed by atoms with E-state index in [4.69, 9.17) is 5.73 Å². The minimum atomic E-state index is 0.109. The van der Waals surface area contributed by atoms with Crippen molar-refractivity contribution in [1.82, 2.24) is 4.90 Å². The Morgan fingerprint density at radius 1 is 0.920 bits per heavy atom. The molecule has 0 spiro atoms. The molecule has 0 saturated carbocycles. The summed E-state index contributed by atoms with van der Waals surface area (Å²) in [6.45, 7) is 6.27. The van der Waals surface area contributed by atoms with E-state index in [0.29, 0.717) is 0 Å². The lowest BCUT2D eigenvalue weighted by atomic mass is 10.1. The third-order valence-corrected chi connectivity index (χ3v) is 5.12. The van der Waals surface area contributed by atoms with E-state index in [1.54, 1.807) is 0 Å². The third kappa shape index (κ3) is 11.4. The van der Waals surface area contributed by atoms with Gasteiger partial charge in [0.05, 0.1) is 12.7 Å². The minimum Gasteiger partial charge on any atom is -0.343 e. The summed E-state index contributed by atoms with van der Waals surface area (Å²) >= 11 is 0. The van der Waals surface area contributed by atoms with Crippen molar-refractivity contribution < 1.29 is 0 Å². The van der Waals surface area contributed by atoms with Crippen LogP contribution < -0.4 is 5.73 Å². The fourth-order valence-electron chi connectivity index (χ4n) is 3.52. The van der Waals surface area contributed by atoms with Crippen LogP contribution in [0.2, 0.25) is 0 Å². The van der Waals surface area contributed by atoms with E-state index in [0.717, 1.165) is 19.5 Å². The summed E-state index contributed by atoms with van der Waals surface area (Å²) in [4.78, 5) is 6.84. The number of nitrogens with two attached hydrogens (primary N) is 1. The molecule has 2 N–H and O–H groups in total. The summed E-state index contributed by atoms with van der Waals surface area (Å²) in [5.41, 5.74) is 5.98. The molecule has 0 aromatic heterocycles. The molecule has 1 aliphatic heterocycles. The number of aliphatic imine (C=N–C) groups is 1. The van der Waals surface area contributed by atoms with Gasteiger partial charge in [-0.2, -0.15) is 0 Å². The first-order chi connectivity index (χ1) is 12.3. The number of rotatable bonds is 16. The van der Waals surface area contributed by atoms with Gasteiger partial charge < -0.3 is 10.6 Å². The third-order valence-electron chi connectivity index (χ3n) is 5.12. The average Bonchev–Trinajstić information content (AvgIpc) is 3.07. The van der Waals surface area contributed by atoms with Gasteiger partial charge in [-0.05, 0) is 39.0 Å². The molecule has 25 heavy (non-hydrogen) atoms. The van der Waals surface area contributed by atoms with Crippen molar-refractivity contribution in [1.29, 1.82) is 0 Å². The summed E-state index contributed by atoms with van der Waals surface area (Å²) < 4.78 is 0. The maximum atomic E-state index is 5.98. The minimum absolute atomic E-state index is 0.109. The number of hydrogen-bond donors (Lipinski definition) is 1. The molecular weight excluding hydrogens is 306 g/mol. The lowest BCUT2D eigenvalue weighted by Crippen LogP contribution is -2.41. The Labute approximate surface area is 157 Å². The molecule has 0 aromatic carbocycles. The van der Waals surface area contributed by atoms with Gasteiger partial charge in [-0.1, -0.05) is 70.4 Å². The highest BCUT2D eigenvalue weighted by Crippen LogP contribution is 2.13. The van der Waals surface area contributed by atoms with Crippen molar-refractivity contribution in [2.24, 2.45) is 10.7 Å². The molecule has 0 radical (unpaired) electrons. The number of hydrogen-bond acceptors (Lipinski definition) is 3. The molecule has 1 unspecified atom stereocenters. The second-order valence-corrected chi connectivity index (χ2v) is 7.57. The Morgan fingerprint density at radius 2 is 1.48 bits per heavy atom. The second-order valence-electron chi connectivity index (χ2n) is 7.57. The van der Waals surface area contributed by atoms with Crippen molar-refractivity contribution in [3.63, 3.8) is 0 Å². The van der Waals surface area contributed by atoms with Gasteiger partial charge >= 0.3 is 0 Å². The first-order valence-electron chi connectivity index (χ1n) is 11.0. The summed E-state index contributed by atoms with van der Waals surface area (Å²) in [6.07, 6.45) is 23.7. The van der Waals surface area contributed by atoms with E-state index >= 15 is 0 Å². The van der Waals surface area contributed by atoms with Gasteiger partial charge in [-0.15, -0.1) is 0 Å². The van der Waals surface area contributed by atoms with E-state index in [2.05, 4.69) is 35.9 Å². The topological polar surface area (TPSA) is 41.6 Å². The molecule has 0 aromatic rings. The molecule has 3 nitrogen and oxygen atoms in total. The van der Waals surface area contributed by atoms with Crippen LogP contribution in [-0.4, -0.2) is 30.0 Å². The molecule has 0 bridgehead atoms. The summed E-state index contributed by atoms with van der Waals surface area (Å²) in [5, 5.41) is 0. The summed E-state index contributed by atoms with van der Waals surface area (Å²) in [5.74, 6) is 1.23. The molecule has 0 fully saturated rings. The smallest absolute Gasteiger partial charge is 0.100 e. The van der Waals surface area contributed by atoms with Gasteiger partial charge in [0.15, 0.2) is 0 Å². The SMILES string of the molecule is CCCCCCCCCCC/C=C/CCCCC1=NCCN1C(C)N. The maximum Gasteiger partial charge on any atom is 0.100 e. The quantitative estimate of drug-likeness (QED) is 0.272. The number of allylic oxidation sites excluding steroid dienone is 2. The van der Waals surface area contributed by atoms with E-state index in [1.165, 1.54) is 89.3 Å². The molecular formula is C22H43N3. The lowest BCUT2D eigenvalue weighted by Gasteiger charge is -2.24. The second kappa shape index (κ2) is 15.4. The van der Waals surface area contributed by atoms with E-state index in [1.807, 2.05) is 0 Å². The fraction of sp³-hybridized carbons (Fsp3) is 0.864. The Hall–Kier alpha value is -0.830. The first kappa shape index (κ1) is 22.2. The molecule has 0 saturated heterocycles. The highest BCUT2D eigenvalue weighted by atomic mass is 15.3. The van der Waals surface area contributed by atoms with Gasteiger partial charge in [0.2, 0.25) is 0 Å². The predicted molar refractivity (Wildman–Crippen MR) is 112 cm³/mol. The highest BCUT2D eigenvalue weighted by Gasteiger charge is 2.18. The number of unbranched alkanes of at least 4 members (excludes halogenated alkanes) is 11. The van der Waals surface area contributed by atoms with Crippen LogP contribution in [0.5, 0.6) is 0 Å². The van der Waals surface area contributed by atoms with Gasteiger partial charge in [0.25, 0.3) is 0 Å². The van der Waals surface area contributed by atoms with E-state index < -0.39 is 0 Å². The molecule has 1 rings (SSSR count). The Balaban J connectivity index is 1.84. The molecule has 146 valence electrons. The summed E-state index contributed by atoms with van der Waals surface area (Å²) in [7, 11) is 0. The zero-order valence-corrected chi connectivity index (χ0v) is 17.0. The molecule has 0 aliphatic carbocycles. The molecule has 1 heterocycles. The zero-order chi connectivity index (χ0) is 18.2. The predicted octanol–water partition coefficient (Wildman–Crippen LogP) is 6.04. The molecule has 1 aliphatic rings. The van der Waals surface area contributed by atoms with Crippen molar-refractivity contribution in [3.05, 3.63) is 12.2 Å². The van der Waals surface area contributed by atoms with Crippen molar-refractivity contribution in [2.45, 2.75) is 110 Å². The van der Waals surface area contributed by atoms with E-state index in [9.17, 15) is 0 Å². The Kier molecular flexibility index (Phi) is 13.7. The normalized spacial score (nSPS) is 16.0.